The number of pyridine rings is 1. The van der Waals surface area contributed by atoms with Crippen molar-refractivity contribution in [1.82, 2.24) is 4.57 Å². The summed E-state index contributed by atoms with van der Waals surface area (Å²) in [4.78, 5) is 11.7. The molecule has 0 aliphatic heterocycles. The molecule has 19 heavy (non-hydrogen) atoms. The molecule has 1 saturated carbocycles. The minimum Gasteiger partial charge on any atom is -0.381 e. The van der Waals surface area contributed by atoms with Crippen LogP contribution in [0.15, 0.2) is 23.1 Å². The monoisotopic (exact) mass is 262 g/mol. The summed E-state index contributed by atoms with van der Waals surface area (Å²) in [5.41, 5.74) is 1.68. The average molecular weight is 262 g/mol. The van der Waals surface area contributed by atoms with Crippen molar-refractivity contribution in [3.8, 4) is 0 Å². The van der Waals surface area contributed by atoms with Gasteiger partial charge in [-0.25, -0.2) is 0 Å². The lowest BCUT2D eigenvalue weighted by molar-refractivity contribution is 0.232. The van der Waals surface area contributed by atoms with E-state index in [9.17, 15) is 4.79 Å². The van der Waals surface area contributed by atoms with E-state index >= 15 is 0 Å². The molecule has 0 amide bonds. The first-order valence-corrected chi connectivity index (χ1v) is 7.47. The quantitative estimate of drug-likeness (QED) is 0.899. The molecular formula is C16H26N2O. The summed E-state index contributed by atoms with van der Waals surface area (Å²) < 4.78 is 1.80. The van der Waals surface area contributed by atoms with E-state index in [-0.39, 0.29) is 5.56 Å². The fraction of sp³-hybridized carbons (Fsp3) is 0.688. The number of hydrogen-bond donors (Lipinski definition) is 1. The van der Waals surface area contributed by atoms with Crippen molar-refractivity contribution in [1.29, 1.82) is 0 Å². The van der Waals surface area contributed by atoms with Crippen LogP contribution in [-0.4, -0.2) is 10.6 Å². The molecular weight excluding hydrogens is 236 g/mol. The molecule has 1 aromatic rings. The first-order valence-electron chi connectivity index (χ1n) is 7.47. The van der Waals surface area contributed by atoms with E-state index < -0.39 is 0 Å². The lowest BCUT2D eigenvalue weighted by Crippen LogP contribution is -2.30. The van der Waals surface area contributed by atoms with Crippen LogP contribution in [0.25, 0.3) is 0 Å². The van der Waals surface area contributed by atoms with Gasteiger partial charge < -0.3 is 9.88 Å². The number of rotatable bonds is 4. The second-order valence-corrected chi connectivity index (χ2v) is 6.53. The summed E-state index contributed by atoms with van der Waals surface area (Å²) in [5, 5.41) is 3.58. The summed E-state index contributed by atoms with van der Waals surface area (Å²) >= 11 is 0. The van der Waals surface area contributed by atoms with Gasteiger partial charge >= 0.3 is 0 Å². The molecule has 0 unspecified atom stereocenters. The van der Waals surface area contributed by atoms with Crippen molar-refractivity contribution >= 4 is 5.69 Å². The van der Waals surface area contributed by atoms with Crippen molar-refractivity contribution in [3.05, 3.63) is 28.7 Å². The van der Waals surface area contributed by atoms with Crippen molar-refractivity contribution in [2.75, 3.05) is 5.32 Å². The third-order valence-electron chi connectivity index (χ3n) is 4.16. The fourth-order valence-electron chi connectivity index (χ4n) is 2.81. The third-order valence-corrected chi connectivity index (χ3v) is 4.16. The lowest BCUT2D eigenvalue weighted by Gasteiger charge is -2.35. The van der Waals surface area contributed by atoms with Crippen molar-refractivity contribution in [2.45, 2.75) is 65.5 Å². The zero-order valence-corrected chi connectivity index (χ0v) is 12.4. The molecule has 3 heteroatoms. The predicted molar refractivity (Wildman–Crippen MR) is 80.7 cm³/mol. The Morgan fingerprint density at radius 2 is 2.00 bits per heavy atom. The van der Waals surface area contributed by atoms with Gasteiger partial charge in [0.15, 0.2) is 0 Å². The van der Waals surface area contributed by atoms with Crippen LogP contribution in [0.1, 0.15) is 52.9 Å². The Hall–Kier alpha value is -1.25. The number of aromatic nitrogens is 1. The van der Waals surface area contributed by atoms with E-state index in [1.165, 1.54) is 25.7 Å². The molecule has 2 rings (SSSR count). The van der Waals surface area contributed by atoms with Crippen LogP contribution in [0.3, 0.4) is 0 Å². The summed E-state index contributed by atoms with van der Waals surface area (Å²) in [5.74, 6) is 0. The molecule has 1 heterocycles. The Balaban J connectivity index is 2.00. The molecule has 1 aliphatic rings. The van der Waals surface area contributed by atoms with Gasteiger partial charge in [-0.2, -0.15) is 0 Å². The summed E-state index contributed by atoms with van der Waals surface area (Å²) in [6.07, 6.45) is 7.95. The molecule has 1 aromatic heterocycles. The van der Waals surface area contributed by atoms with Gasteiger partial charge in [0.2, 0.25) is 0 Å². The topological polar surface area (TPSA) is 34.0 Å². The highest BCUT2D eigenvalue weighted by Gasteiger charge is 2.26. The number of nitrogens with zero attached hydrogens (tertiary/aromatic N) is 1. The van der Waals surface area contributed by atoms with Crippen LogP contribution in [0.2, 0.25) is 0 Å². The van der Waals surface area contributed by atoms with Gasteiger partial charge in [-0.1, -0.05) is 20.8 Å². The first-order chi connectivity index (χ1) is 9.00. The molecule has 0 radical (unpaired) electrons. The molecule has 3 nitrogen and oxygen atoms in total. The maximum absolute atomic E-state index is 11.7. The van der Waals surface area contributed by atoms with Crippen molar-refractivity contribution in [3.63, 3.8) is 0 Å². The zero-order chi connectivity index (χ0) is 13.9. The van der Waals surface area contributed by atoms with E-state index in [1.54, 1.807) is 10.6 Å². The Kier molecular flexibility index (Phi) is 4.33. The molecule has 0 bridgehead atoms. The second-order valence-electron chi connectivity index (χ2n) is 6.53. The van der Waals surface area contributed by atoms with Gasteiger partial charge in [0.25, 0.3) is 5.56 Å². The normalized spacial score (nSPS) is 19.3. The highest BCUT2D eigenvalue weighted by Crippen LogP contribution is 2.35. The smallest absolute Gasteiger partial charge is 0.250 e. The largest absolute Gasteiger partial charge is 0.381 e. The van der Waals surface area contributed by atoms with Gasteiger partial charge in [-0.15, -0.1) is 0 Å². The maximum atomic E-state index is 11.7. The molecule has 0 spiro atoms. The average Bonchev–Trinajstić information content (AvgIpc) is 2.36. The van der Waals surface area contributed by atoms with Crippen LogP contribution < -0.4 is 10.9 Å². The Labute approximate surface area is 116 Å². The number of hydrogen-bond acceptors (Lipinski definition) is 2. The van der Waals surface area contributed by atoms with Gasteiger partial charge in [0.1, 0.15) is 0 Å². The summed E-state index contributed by atoms with van der Waals surface area (Å²) in [6.45, 7) is 7.59. The maximum Gasteiger partial charge on any atom is 0.250 e. The zero-order valence-electron chi connectivity index (χ0n) is 12.4. The van der Waals surface area contributed by atoms with E-state index in [1.807, 2.05) is 12.3 Å². The van der Waals surface area contributed by atoms with Crippen LogP contribution in [0.5, 0.6) is 0 Å². The number of aryl methyl sites for hydroxylation is 1. The van der Waals surface area contributed by atoms with Gasteiger partial charge in [-0.05, 0) is 43.6 Å². The van der Waals surface area contributed by atoms with Crippen LogP contribution >= 0.6 is 0 Å². The summed E-state index contributed by atoms with van der Waals surface area (Å²) in [7, 11) is 0. The van der Waals surface area contributed by atoms with E-state index in [4.69, 9.17) is 0 Å². The molecule has 1 N–H and O–H groups in total. The second kappa shape index (κ2) is 5.81. The SMILES string of the molecule is CCCn1cc(NC2CCC(C)(C)CC2)ccc1=O. The highest BCUT2D eigenvalue weighted by atomic mass is 16.1. The lowest BCUT2D eigenvalue weighted by atomic mass is 9.75. The van der Waals surface area contributed by atoms with Gasteiger partial charge in [0, 0.05) is 24.8 Å². The first kappa shape index (κ1) is 14.2. The van der Waals surface area contributed by atoms with Gasteiger partial charge in [-0.3, -0.25) is 4.79 Å². The summed E-state index contributed by atoms with van der Waals surface area (Å²) in [6, 6.07) is 4.14. The van der Waals surface area contributed by atoms with E-state index in [0.29, 0.717) is 11.5 Å². The van der Waals surface area contributed by atoms with Gasteiger partial charge in [0.05, 0.1) is 5.69 Å². The Bertz CT molecular complexity index is 466. The minimum atomic E-state index is 0.0946. The van der Waals surface area contributed by atoms with E-state index in [0.717, 1.165) is 18.7 Å². The molecule has 1 fully saturated rings. The van der Waals surface area contributed by atoms with Crippen LogP contribution in [0, 0.1) is 5.41 Å². The molecule has 0 aromatic carbocycles. The molecule has 0 atom stereocenters. The predicted octanol–water partition coefficient (Wildman–Crippen LogP) is 3.64. The van der Waals surface area contributed by atoms with Crippen molar-refractivity contribution in [2.24, 2.45) is 5.41 Å². The Morgan fingerprint density at radius 3 is 2.63 bits per heavy atom. The third kappa shape index (κ3) is 3.85. The number of anilines is 1. The van der Waals surface area contributed by atoms with Crippen molar-refractivity contribution < 1.29 is 0 Å². The fourth-order valence-corrected chi connectivity index (χ4v) is 2.81. The standard InChI is InChI=1S/C16H26N2O/c1-4-11-18-12-14(5-6-15(18)19)17-13-7-9-16(2,3)10-8-13/h5-6,12-13,17H,4,7-11H2,1-3H3. The molecule has 1 aliphatic carbocycles. The van der Waals surface area contributed by atoms with E-state index in [2.05, 4.69) is 26.1 Å². The number of nitrogens with one attached hydrogen (secondary N) is 1. The molecule has 106 valence electrons. The highest BCUT2D eigenvalue weighted by molar-refractivity contribution is 5.41. The molecule has 0 saturated heterocycles. The van der Waals surface area contributed by atoms with Crippen LogP contribution in [-0.2, 0) is 6.54 Å². The minimum absolute atomic E-state index is 0.0946. The van der Waals surface area contributed by atoms with Crippen LogP contribution in [0.4, 0.5) is 5.69 Å². The Morgan fingerprint density at radius 1 is 1.32 bits per heavy atom.